The van der Waals surface area contributed by atoms with E-state index in [9.17, 15) is 0 Å². The lowest BCUT2D eigenvalue weighted by Gasteiger charge is -2.40. The molecule has 0 unspecified atom stereocenters. The molecule has 1 aromatic heterocycles. The summed E-state index contributed by atoms with van der Waals surface area (Å²) in [5.41, 5.74) is 5.96. The Kier molecular flexibility index (Phi) is 2.17. The van der Waals surface area contributed by atoms with Gasteiger partial charge in [-0.3, -0.25) is 0 Å². The van der Waals surface area contributed by atoms with Gasteiger partial charge in [0.1, 0.15) is 0 Å². The van der Waals surface area contributed by atoms with Crippen molar-refractivity contribution in [3.05, 3.63) is 22.4 Å². The van der Waals surface area contributed by atoms with Crippen molar-refractivity contribution in [3.8, 4) is 0 Å². The Bertz CT molecular complexity index is 236. The topological polar surface area (TPSA) is 35.2 Å². The van der Waals surface area contributed by atoms with Crippen LogP contribution in [0.15, 0.2) is 17.5 Å². The molecule has 12 heavy (non-hydrogen) atoms. The number of ether oxygens (including phenoxy) is 1. The third kappa shape index (κ3) is 1.40. The number of rotatable bonds is 3. The van der Waals surface area contributed by atoms with Crippen LogP contribution >= 0.6 is 11.3 Å². The monoisotopic (exact) mass is 183 g/mol. The first-order valence-electron chi connectivity index (χ1n) is 4.15. The van der Waals surface area contributed by atoms with Gasteiger partial charge >= 0.3 is 0 Å². The molecule has 2 rings (SSSR count). The number of thiophene rings is 1. The average molecular weight is 183 g/mol. The van der Waals surface area contributed by atoms with E-state index in [2.05, 4.69) is 17.5 Å². The zero-order valence-electron chi connectivity index (χ0n) is 6.95. The zero-order chi connectivity index (χ0) is 8.44. The molecule has 0 saturated carbocycles. The molecule has 66 valence electrons. The summed E-state index contributed by atoms with van der Waals surface area (Å²) in [4.78, 5) is 1.42. The van der Waals surface area contributed by atoms with Crippen LogP contribution in [0.5, 0.6) is 0 Å². The standard InChI is InChI=1S/C9H13NOS/c10-5-9(6-11-7-9)4-8-2-1-3-12-8/h1-3H,4-7,10H2. The molecular formula is C9H13NOS. The molecular weight excluding hydrogens is 170 g/mol. The zero-order valence-corrected chi connectivity index (χ0v) is 7.77. The molecule has 0 spiro atoms. The highest BCUT2D eigenvalue weighted by atomic mass is 32.1. The molecule has 2 N–H and O–H groups in total. The van der Waals surface area contributed by atoms with Gasteiger partial charge in [0, 0.05) is 16.8 Å². The lowest BCUT2D eigenvalue weighted by Crippen LogP contribution is -2.49. The predicted octanol–water partition coefficient (Wildman–Crippen LogP) is 1.27. The van der Waals surface area contributed by atoms with Gasteiger partial charge in [-0.2, -0.15) is 0 Å². The first kappa shape index (κ1) is 8.23. The average Bonchev–Trinajstić information content (AvgIpc) is 2.49. The Morgan fingerprint density at radius 2 is 2.42 bits per heavy atom. The van der Waals surface area contributed by atoms with Crippen molar-refractivity contribution in [1.82, 2.24) is 0 Å². The minimum atomic E-state index is 0.255. The summed E-state index contributed by atoms with van der Waals surface area (Å²) in [6.45, 7) is 2.41. The van der Waals surface area contributed by atoms with Gasteiger partial charge in [0.2, 0.25) is 0 Å². The van der Waals surface area contributed by atoms with Crippen LogP contribution in [0.25, 0.3) is 0 Å². The second kappa shape index (κ2) is 3.17. The van der Waals surface area contributed by atoms with Crippen molar-refractivity contribution in [1.29, 1.82) is 0 Å². The van der Waals surface area contributed by atoms with Crippen molar-refractivity contribution >= 4 is 11.3 Å². The van der Waals surface area contributed by atoms with Crippen LogP contribution in [0.2, 0.25) is 0 Å². The Morgan fingerprint density at radius 3 is 2.83 bits per heavy atom. The molecule has 1 aromatic rings. The lowest BCUT2D eigenvalue weighted by atomic mass is 9.82. The molecule has 1 aliphatic heterocycles. The summed E-state index contributed by atoms with van der Waals surface area (Å²) in [6, 6.07) is 4.25. The summed E-state index contributed by atoms with van der Waals surface area (Å²) >= 11 is 1.80. The van der Waals surface area contributed by atoms with Gasteiger partial charge in [-0.25, -0.2) is 0 Å². The number of hydrogen-bond donors (Lipinski definition) is 1. The largest absolute Gasteiger partial charge is 0.380 e. The molecule has 2 heterocycles. The Balaban J connectivity index is 2.01. The lowest BCUT2D eigenvalue weighted by molar-refractivity contribution is -0.106. The maximum atomic E-state index is 5.71. The highest BCUT2D eigenvalue weighted by Gasteiger charge is 2.37. The highest BCUT2D eigenvalue weighted by Crippen LogP contribution is 2.31. The van der Waals surface area contributed by atoms with Gasteiger partial charge < -0.3 is 10.5 Å². The molecule has 0 aromatic carbocycles. The minimum absolute atomic E-state index is 0.255. The van der Waals surface area contributed by atoms with Gasteiger partial charge in [-0.15, -0.1) is 11.3 Å². The Labute approximate surface area is 76.3 Å². The van der Waals surface area contributed by atoms with Gasteiger partial charge in [-0.1, -0.05) is 6.07 Å². The minimum Gasteiger partial charge on any atom is -0.380 e. The van der Waals surface area contributed by atoms with Gasteiger partial charge in [0.05, 0.1) is 13.2 Å². The molecule has 0 radical (unpaired) electrons. The van der Waals surface area contributed by atoms with Crippen molar-refractivity contribution in [3.63, 3.8) is 0 Å². The molecule has 1 saturated heterocycles. The molecule has 3 heteroatoms. The molecule has 0 amide bonds. The van der Waals surface area contributed by atoms with E-state index < -0.39 is 0 Å². The first-order chi connectivity index (χ1) is 5.85. The normalized spacial score (nSPS) is 20.4. The Morgan fingerprint density at radius 1 is 1.58 bits per heavy atom. The molecule has 0 atom stereocenters. The second-order valence-electron chi connectivity index (χ2n) is 3.45. The summed E-state index contributed by atoms with van der Waals surface area (Å²) in [6.07, 6.45) is 1.08. The fourth-order valence-corrected chi connectivity index (χ4v) is 2.34. The number of nitrogens with two attached hydrogens (primary N) is 1. The molecule has 1 fully saturated rings. The quantitative estimate of drug-likeness (QED) is 0.766. The third-order valence-electron chi connectivity index (χ3n) is 2.38. The van der Waals surface area contributed by atoms with E-state index in [4.69, 9.17) is 10.5 Å². The maximum absolute atomic E-state index is 5.71. The molecule has 0 bridgehead atoms. The van der Waals surface area contributed by atoms with Crippen LogP contribution in [0, 0.1) is 5.41 Å². The second-order valence-corrected chi connectivity index (χ2v) is 4.49. The first-order valence-corrected chi connectivity index (χ1v) is 5.03. The summed E-state index contributed by atoms with van der Waals surface area (Å²) < 4.78 is 5.20. The van der Waals surface area contributed by atoms with E-state index in [0.717, 1.165) is 26.2 Å². The van der Waals surface area contributed by atoms with Gasteiger partial charge in [-0.05, 0) is 17.9 Å². The van der Waals surface area contributed by atoms with E-state index in [1.807, 2.05) is 0 Å². The molecule has 1 aliphatic rings. The van der Waals surface area contributed by atoms with Gasteiger partial charge in [0.25, 0.3) is 0 Å². The fourth-order valence-electron chi connectivity index (χ4n) is 1.47. The SMILES string of the molecule is NCC1(Cc2cccs2)COC1. The van der Waals surface area contributed by atoms with Crippen LogP contribution in [-0.4, -0.2) is 19.8 Å². The van der Waals surface area contributed by atoms with Crippen molar-refractivity contribution in [2.45, 2.75) is 6.42 Å². The highest BCUT2D eigenvalue weighted by molar-refractivity contribution is 7.09. The summed E-state index contributed by atoms with van der Waals surface area (Å²) in [7, 11) is 0. The van der Waals surface area contributed by atoms with Crippen LogP contribution in [0.3, 0.4) is 0 Å². The Hall–Kier alpha value is -0.380. The van der Waals surface area contributed by atoms with Crippen LogP contribution in [0.4, 0.5) is 0 Å². The third-order valence-corrected chi connectivity index (χ3v) is 3.26. The van der Waals surface area contributed by atoms with E-state index in [1.165, 1.54) is 4.88 Å². The molecule has 2 nitrogen and oxygen atoms in total. The smallest absolute Gasteiger partial charge is 0.0560 e. The van der Waals surface area contributed by atoms with Gasteiger partial charge in [0.15, 0.2) is 0 Å². The van der Waals surface area contributed by atoms with E-state index in [0.29, 0.717) is 0 Å². The summed E-state index contributed by atoms with van der Waals surface area (Å²) in [5.74, 6) is 0. The van der Waals surface area contributed by atoms with Crippen LogP contribution in [-0.2, 0) is 11.2 Å². The van der Waals surface area contributed by atoms with Crippen molar-refractivity contribution in [2.24, 2.45) is 11.1 Å². The molecule has 0 aliphatic carbocycles. The predicted molar refractivity (Wildman–Crippen MR) is 50.3 cm³/mol. The number of hydrogen-bond acceptors (Lipinski definition) is 3. The van der Waals surface area contributed by atoms with Crippen LogP contribution < -0.4 is 5.73 Å². The summed E-state index contributed by atoms with van der Waals surface area (Å²) in [5, 5.41) is 2.11. The van der Waals surface area contributed by atoms with E-state index >= 15 is 0 Å². The van der Waals surface area contributed by atoms with Crippen molar-refractivity contribution < 1.29 is 4.74 Å². The van der Waals surface area contributed by atoms with Crippen molar-refractivity contribution in [2.75, 3.05) is 19.8 Å². The van der Waals surface area contributed by atoms with Crippen LogP contribution in [0.1, 0.15) is 4.88 Å². The van der Waals surface area contributed by atoms with E-state index in [-0.39, 0.29) is 5.41 Å². The van der Waals surface area contributed by atoms with E-state index in [1.54, 1.807) is 11.3 Å². The maximum Gasteiger partial charge on any atom is 0.0560 e. The fraction of sp³-hybridized carbons (Fsp3) is 0.556.